The van der Waals surface area contributed by atoms with Gasteiger partial charge in [-0.25, -0.2) is 5.90 Å². The number of nitrogens with two attached hydrogens (primary N) is 1. The standard InChI is InChI=1S/C8H15N3O/c1-4-11-6-7(5-10-11)8(2,3)12-9/h5-6H,4,9H2,1-3H3. The van der Waals surface area contributed by atoms with Crippen LogP contribution in [0.1, 0.15) is 26.3 Å². The summed E-state index contributed by atoms with van der Waals surface area (Å²) < 4.78 is 1.84. The minimum atomic E-state index is -0.451. The Kier molecular flexibility index (Phi) is 2.49. The molecule has 0 saturated heterocycles. The summed E-state index contributed by atoms with van der Waals surface area (Å²) in [7, 11) is 0. The summed E-state index contributed by atoms with van der Waals surface area (Å²) in [5.41, 5.74) is 0.541. The van der Waals surface area contributed by atoms with Crippen molar-refractivity contribution >= 4 is 0 Å². The summed E-state index contributed by atoms with van der Waals surface area (Å²) in [5, 5.41) is 4.13. The first kappa shape index (κ1) is 9.22. The minimum Gasteiger partial charge on any atom is -0.294 e. The van der Waals surface area contributed by atoms with Gasteiger partial charge in [-0.05, 0) is 20.8 Å². The molecule has 0 spiro atoms. The maximum absolute atomic E-state index is 5.15. The Hall–Kier alpha value is -0.870. The molecule has 0 aromatic carbocycles. The lowest BCUT2D eigenvalue weighted by molar-refractivity contribution is -0.0236. The second-order valence-electron chi connectivity index (χ2n) is 3.21. The first-order valence-corrected chi connectivity index (χ1v) is 4.01. The van der Waals surface area contributed by atoms with Gasteiger partial charge in [0, 0.05) is 18.3 Å². The first-order valence-electron chi connectivity index (χ1n) is 4.01. The molecule has 1 heterocycles. The molecule has 2 N–H and O–H groups in total. The Morgan fingerprint density at radius 1 is 1.67 bits per heavy atom. The van der Waals surface area contributed by atoms with Crippen molar-refractivity contribution in [3.05, 3.63) is 18.0 Å². The van der Waals surface area contributed by atoms with Crippen molar-refractivity contribution in [1.82, 2.24) is 9.78 Å². The largest absolute Gasteiger partial charge is 0.294 e. The predicted octanol–water partition coefficient (Wildman–Crippen LogP) is 1.03. The fourth-order valence-electron chi connectivity index (χ4n) is 0.915. The lowest BCUT2D eigenvalue weighted by Crippen LogP contribution is -2.24. The van der Waals surface area contributed by atoms with Crippen molar-refractivity contribution in [1.29, 1.82) is 0 Å². The fourth-order valence-corrected chi connectivity index (χ4v) is 0.915. The number of hydrogen-bond acceptors (Lipinski definition) is 3. The Labute approximate surface area is 72.3 Å². The van der Waals surface area contributed by atoms with Gasteiger partial charge in [-0.1, -0.05) is 0 Å². The quantitative estimate of drug-likeness (QED) is 0.687. The molecule has 0 aliphatic heterocycles. The highest BCUT2D eigenvalue weighted by Crippen LogP contribution is 2.21. The van der Waals surface area contributed by atoms with E-state index >= 15 is 0 Å². The average Bonchev–Trinajstić information content (AvgIpc) is 2.52. The van der Waals surface area contributed by atoms with Crippen molar-refractivity contribution in [3.8, 4) is 0 Å². The molecule has 12 heavy (non-hydrogen) atoms. The van der Waals surface area contributed by atoms with E-state index in [9.17, 15) is 0 Å². The summed E-state index contributed by atoms with van der Waals surface area (Å²) >= 11 is 0. The summed E-state index contributed by atoms with van der Waals surface area (Å²) in [6, 6.07) is 0. The van der Waals surface area contributed by atoms with Crippen LogP contribution < -0.4 is 5.90 Å². The second-order valence-corrected chi connectivity index (χ2v) is 3.21. The molecule has 0 aliphatic rings. The van der Waals surface area contributed by atoms with E-state index in [4.69, 9.17) is 10.7 Å². The van der Waals surface area contributed by atoms with Gasteiger partial charge in [0.2, 0.25) is 0 Å². The second kappa shape index (κ2) is 3.25. The zero-order chi connectivity index (χ0) is 9.19. The maximum Gasteiger partial charge on any atom is 0.112 e. The topological polar surface area (TPSA) is 53.1 Å². The van der Waals surface area contributed by atoms with Crippen molar-refractivity contribution < 1.29 is 4.84 Å². The number of aryl methyl sites for hydroxylation is 1. The van der Waals surface area contributed by atoms with Gasteiger partial charge in [0.05, 0.1) is 6.20 Å². The normalized spacial score (nSPS) is 12.0. The van der Waals surface area contributed by atoms with Crippen molar-refractivity contribution in [3.63, 3.8) is 0 Å². The molecular weight excluding hydrogens is 154 g/mol. The third-order valence-electron chi connectivity index (χ3n) is 1.95. The zero-order valence-electron chi connectivity index (χ0n) is 7.74. The molecule has 0 atom stereocenters. The van der Waals surface area contributed by atoms with E-state index in [0.29, 0.717) is 0 Å². The molecule has 0 unspecified atom stereocenters. The third-order valence-corrected chi connectivity index (χ3v) is 1.95. The molecule has 1 aromatic heterocycles. The van der Waals surface area contributed by atoms with Crippen LogP contribution in [0.3, 0.4) is 0 Å². The van der Waals surface area contributed by atoms with Gasteiger partial charge in [0.15, 0.2) is 0 Å². The zero-order valence-corrected chi connectivity index (χ0v) is 7.74. The number of hydrogen-bond donors (Lipinski definition) is 1. The molecule has 0 fully saturated rings. The van der Waals surface area contributed by atoms with Crippen LogP contribution in [-0.2, 0) is 17.0 Å². The molecule has 68 valence electrons. The van der Waals surface area contributed by atoms with Crippen LogP contribution in [0.25, 0.3) is 0 Å². The van der Waals surface area contributed by atoms with Crippen LogP contribution in [0.15, 0.2) is 12.4 Å². The lowest BCUT2D eigenvalue weighted by atomic mass is 10.0. The van der Waals surface area contributed by atoms with Crippen LogP contribution in [0.4, 0.5) is 0 Å². The highest BCUT2D eigenvalue weighted by Gasteiger charge is 2.21. The maximum atomic E-state index is 5.15. The van der Waals surface area contributed by atoms with E-state index in [0.717, 1.165) is 12.1 Å². The first-order chi connectivity index (χ1) is 5.60. The molecule has 1 aromatic rings. The fraction of sp³-hybridized carbons (Fsp3) is 0.625. The van der Waals surface area contributed by atoms with Gasteiger partial charge in [-0.2, -0.15) is 5.10 Å². The summed E-state index contributed by atoms with van der Waals surface area (Å²) in [5.74, 6) is 5.15. The molecule has 1 rings (SSSR count). The molecule has 0 saturated carbocycles. The Morgan fingerprint density at radius 3 is 2.75 bits per heavy atom. The molecule has 0 aliphatic carbocycles. The summed E-state index contributed by atoms with van der Waals surface area (Å²) in [6.45, 7) is 6.71. The van der Waals surface area contributed by atoms with E-state index in [1.54, 1.807) is 6.20 Å². The average molecular weight is 169 g/mol. The smallest absolute Gasteiger partial charge is 0.112 e. The van der Waals surface area contributed by atoms with Crippen LogP contribution in [0.5, 0.6) is 0 Å². The van der Waals surface area contributed by atoms with Crippen molar-refractivity contribution in [2.45, 2.75) is 32.9 Å². The number of nitrogens with zero attached hydrogens (tertiary/aromatic N) is 2. The van der Waals surface area contributed by atoms with Gasteiger partial charge in [-0.3, -0.25) is 9.52 Å². The monoisotopic (exact) mass is 169 g/mol. The van der Waals surface area contributed by atoms with Gasteiger partial charge in [0.1, 0.15) is 5.60 Å². The molecule has 4 nitrogen and oxygen atoms in total. The van der Waals surface area contributed by atoms with Gasteiger partial charge >= 0.3 is 0 Å². The van der Waals surface area contributed by atoms with Crippen LogP contribution >= 0.6 is 0 Å². The molecule has 0 radical (unpaired) electrons. The summed E-state index contributed by atoms with van der Waals surface area (Å²) in [4.78, 5) is 4.83. The summed E-state index contributed by atoms with van der Waals surface area (Å²) in [6.07, 6.45) is 3.71. The van der Waals surface area contributed by atoms with E-state index in [1.807, 2.05) is 31.6 Å². The van der Waals surface area contributed by atoms with Crippen LogP contribution in [0, 0.1) is 0 Å². The van der Waals surface area contributed by atoms with E-state index < -0.39 is 5.60 Å². The Bertz CT molecular complexity index is 255. The highest BCUT2D eigenvalue weighted by atomic mass is 16.6. The molecular formula is C8H15N3O. The van der Waals surface area contributed by atoms with Crippen molar-refractivity contribution in [2.24, 2.45) is 5.90 Å². The predicted molar refractivity (Wildman–Crippen MR) is 46.2 cm³/mol. The van der Waals surface area contributed by atoms with Crippen molar-refractivity contribution in [2.75, 3.05) is 0 Å². The lowest BCUT2D eigenvalue weighted by Gasteiger charge is -2.19. The third kappa shape index (κ3) is 1.65. The minimum absolute atomic E-state index is 0.451. The SMILES string of the molecule is CCn1cc(C(C)(C)ON)cn1. The number of rotatable bonds is 3. The van der Waals surface area contributed by atoms with Gasteiger partial charge in [-0.15, -0.1) is 0 Å². The van der Waals surface area contributed by atoms with E-state index in [2.05, 4.69) is 5.10 Å². The van der Waals surface area contributed by atoms with Crippen LogP contribution in [-0.4, -0.2) is 9.78 Å². The number of aromatic nitrogens is 2. The van der Waals surface area contributed by atoms with Gasteiger partial charge < -0.3 is 0 Å². The van der Waals surface area contributed by atoms with E-state index in [1.165, 1.54) is 0 Å². The molecule has 4 heteroatoms. The Balaban J connectivity index is 2.88. The van der Waals surface area contributed by atoms with Gasteiger partial charge in [0.25, 0.3) is 0 Å². The Morgan fingerprint density at radius 2 is 2.33 bits per heavy atom. The molecule has 0 amide bonds. The van der Waals surface area contributed by atoms with E-state index in [-0.39, 0.29) is 0 Å². The highest BCUT2D eigenvalue weighted by molar-refractivity contribution is 5.12. The molecule has 0 bridgehead atoms. The van der Waals surface area contributed by atoms with Crippen LogP contribution in [0.2, 0.25) is 0 Å².